The fourth-order valence-corrected chi connectivity index (χ4v) is 12.8. The summed E-state index contributed by atoms with van der Waals surface area (Å²) in [5.41, 5.74) is 24.3. The van der Waals surface area contributed by atoms with E-state index in [-0.39, 0.29) is 0 Å². The summed E-state index contributed by atoms with van der Waals surface area (Å²) in [4.78, 5) is 7.85. The third-order valence-corrected chi connectivity index (χ3v) is 15.8. The van der Waals surface area contributed by atoms with Crippen molar-refractivity contribution in [3.63, 3.8) is 0 Å². The van der Waals surface area contributed by atoms with Gasteiger partial charge in [-0.1, -0.05) is 170 Å². The van der Waals surface area contributed by atoms with Gasteiger partial charge in [-0.05, 0) is 147 Å². The van der Waals surface area contributed by atoms with Gasteiger partial charge in [-0.15, -0.1) is 0 Å². The molecular weight excluding hydrogens is 887 g/mol. The van der Waals surface area contributed by atoms with Crippen LogP contribution >= 0.6 is 0 Å². The maximum absolute atomic E-state index is 5.40. The van der Waals surface area contributed by atoms with E-state index in [1.807, 2.05) is 0 Å². The maximum Gasteiger partial charge on any atom is 0.220 e. The van der Waals surface area contributed by atoms with E-state index >= 15 is 0 Å². The summed E-state index contributed by atoms with van der Waals surface area (Å²) in [7, 11) is 0. The molecule has 0 amide bonds. The molecule has 2 aliphatic carbocycles. The molecule has 11 aromatic carbocycles. The van der Waals surface area contributed by atoms with Gasteiger partial charge in [-0.3, -0.25) is 8.97 Å². The Labute approximate surface area is 421 Å². The summed E-state index contributed by atoms with van der Waals surface area (Å²) in [5.74, 6) is 0.870. The van der Waals surface area contributed by atoms with Gasteiger partial charge in [0.05, 0.1) is 38.5 Å². The summed E-state index contributed by atoms with van der Waals surface area (Å²) < 4.78 is 7.07. The average Bonchev–Trinajstić information content (AvgIpc) is 4.24. The smallest absolute Gasteiger partial charge is 0.220 e. The predicted octanol–water partition coefficient (Wildman–Crippen LogP) is 17.0. The first-order valence-electron chi connectivity index (χ1n) is 25.1. The number of aromatic nitrogens is 4. The van der Waals surface area contributed by atoms with Crippen molar-refractivity contribution in [3.8, 4) is 44.8 Å². The highest BCUT2D eigenvalue weighted by Crippen LogP contribution is 2.63. The minimum Gasteiger partial charge on any atom is -0.310 e. The predicted molar refractivity (Wildman–Crippen MR) is 300 cm³/mol. The lowest BCUT2D eigenvalue weighted by Gasteiger charge is -2.32. The van der Waals surface area contributed by atoms with Crippen LogP contribution in [0.15, 0.2) is 261 Å². The molecule has 0 aliphatic heterocycles. The highest BCUT2D eigenvalue weighted by molar-refractivity contribution is 6.10. The van der Waals surface area contributed by atoms with Crippen molar-refractivity contribution >= 4 is 66.7 Å². The lowest BCUT2D eigenvalue weighted by atomic mass is 9.70. The first-order chi connectivity index (χ1) is 36.2. The fourth-order valence-electron chi connectivity index (χ4n) is 12.8. The Morgan fingerprint density at radius 2 is 0.849 bits per heavy atom. The Kier molecular flexibility index (Phi) is 8.31. The van der Waals surface area contributed by atoms with Crippen molar-refractivity contribution in [1.82, 2.24) is 18.5 Å². The van der Waals surface area contributed by atoms with Crippen LogP contribution in [0.2, 0.25) is 0 Å². The van der Waals surface area contributed by atoms with Crippen LogP contribution < -0.4 is 4.90 Å². The minimum atomic E-state index is -0.477. The number of anilines is 3. The van der Waals surface area contributed by atoms with Crippen molar-refractivity contribution in [2.24, 2.45) is 0 Å². The van der Waals surface area contributed by atoms with E-state index < -0.39 is 5.41 Å². The van der Waals surface area contributed by atoms with Crippen LogP contribution in [0.4, 0.5) is 17.1 Å². The molecular formula is C68H43N5. The topological polar surface area (TPSA) is 30.4 Å². The van der Waals surface area contributed by atoms with E-state index in [9.17, 15) is 0 Å². The quantitative estimate of drug-likeness (QED) is 0.166. The van der Waals surface area contributed by atoms with Crippen molar-refractivity contribution in [1.29, 1.82) is 0 Å². The van der Waals surface area contributed by atoms with Gasteiger partial charge in [0.25, 0.3) is 0 Å². The number of para-hydroxylation sites is 4. The fraction of sp³-hybridized carbons (Fsp3) is 0.0147. The number of rotatable bonds is 6. The standard InChI is InChI=1S/C68H43N5/c1-3-17-44(18-4-1)45-31-33-47(34-32-45)70(49-35-38-54-53-23-9-13-27-59(53)68(60(54)42-49)57-25-11-7-21-51(57)52-22-8-12-26-58(52)68)50-37-40-65-66(43-50)73-64-30-16-14-28-61(64)69-67(73)72(65)48-36-39-63-56(41-48)55-24-10-15-29-62(55)71(63)46-19-5-2-6-20-46/h1-43H. The monoisotopic (exact) mass is 929 g/mol. The zero-order valence-corrected chi connectivity index (χ0v) is 39.6. The van der Waals surface area contributed by atoms with Crippen LogP contribution in [-0.4, -0.2) is 18.5 Å². The number of nitrogens with zero attached hydrogens (tertiary/aromatic N) is 5. The van der Waals surface area contributed by atoms with Gasteiger partial charge in [0.15, 0.2) is 0 Å². The van der Waals surface area contributed by atoms with E-state index in [2.05, 4.69) is 279 Å². The first kappa shape index (κ1) is 40.1. The normalized spacial score (nSPS) is 13.0. The maximum atomic E-state index is 5.40. The molecule has 0 saturated heterocycles. The van der Waals surface area contributed by atoms with Crippen molar-refractivity contribution in [2.75, 3.05) is 4.90 Å². The zero-order chi connectivity index (χ0) is 47.8. The summed E-state index contributed by atoms with van der Waals surface area (Å²) in [6.07, 6.45) is 0. The van der Waals surface area contributed by atoms with E-state index in [4.69, 9.17) is 4.98 Å². The number of benzene rings is 11. The van der Waals surface area contributed by atoms with Gasteiger partial charge in [-0.25, -0.2) is 4.98 Å². The second-order valence-electron chi connectivity index (χ2n) is 19.5. The molecule has 3 aromatic heterocycles. The Morgan fingerprint density at radius 3 is 1.58 bits per heavy atom. The van der Waals surface area contributed by atoms with Crippen LogP contribution in [0.5, 0.6) is 0 Å². The molecule has 73 heavy (non-hydrogen) atoms. The molecule has 1 spiro atoms. The highest BCUT2D eigenvalue weighted by Gasteiger charge is 2.51. The molecule has 0 unspecified atom stereocenters. The molecule has 0 atom stereocenters. The van der Waals surface area contributed by atoms with Crippen LogP contribution in [0.1, 0.15) is 22.3 Å². The van der Waals surface area contributed by atoms with Crippen LogP contribution in [0.25, 0.3) is 94.4 Å². The Morgan fingerprint density at radius 1 is 0.315 bits per heavy atom. The third-order valence-electron chi connectivity index (χ3n) is 15.8. The molecule has 340 valence electrons. The molecule has 14 aromatic rings. The number of hydrogen-bond donors (Lipinski definition) is 0. The van der Waals surface area contributed by atoms with E-state index in [1.54, 1.807) is 0 Å². The zero-order valence-electron chi connectivity index (χ0n) is 39.6. The van der Waals surface area contributed by atoms with Crippen molar-refractivity contribution < 1.29 is 0 Å². The SMILES string of the molecule is c1ccc(-c2ccc(N(c3ccc4c(c3)C3(c5ccccc5-c5ccccc53)c3ccccc3-4)c3ccc4c(c3)n3c5ccccc5nc3n4-c3ccc4c(c3)c3ccccc3n4-c3ccccc3)cc2)cc1. The van der Waals surface area contributed by atoms with E-state index in [0.717, 1.165) is 61.8 Å². The van der Waals surface area contributed by atoms with Gasteiger partial charge in [0, 0.05) is 39.2 Å². The minimum absolute atomic E-state index is 0.477. The number of fused-ring (bicyclic) bond motifs is 18. The Balaban J connectivity index is 0.935. The second-order valence-corrected chi connectivity index (χ2v) is 19.5. The molecule has 5 nitrogen and oxygen atoms in total. The molecule has 3 heterocycles. The largest absolute Gasteiger partial charge is 0.310 e. The summed E-state index contributed by atoms with van der Waals surface area (Å²) in [6, 6.07) is 95.8. The summed E-state index contributed by atoms with van der Waals surface area (Å²) in [6.45, 7) is 0. The Hall–Kier alpha value is -9.71. The number of hydrogen-bond acceptors (Lipinski definition) is 2. The summed E-state index contributed by atoms with van der Waals surface area (Å²) in [5, 5.41) is 2.41. The van der Waals surface area contributed by atoms with Crippen LogP contribution in [0, 0.1) is 0 Å². The molecule has 2 aliphatic rings. The van der Waals surface area contributed by atoms with Gasteiger partial charge in [0.1, 0.15) is 0 Å². The molecule has 0 bridgehead atoms. The van der Waals surface area contributed by atoms with Gasteiger partial charge in [-0.2, -0.15) is 0 Å². The third kappa shape index (κ3) is 5.53. The molecule has 0 radical (unpaired) electrons. The molecule has 0 saturated carbocycles. The van der Waals surface area contributed by atoms with E-state index in [1.165, 1.54) is 71.9 Å². The second kappa shape index (κ2) is 15.1. The van der Waals surface area contributed by atoms with E-state index in [0.29, 0.717) is 0 Å². The molecule has 16 rings (SSSR count). The Bertz CT molecular complexity index is 4490. The number of imidazole rings is 2. The van der Waals surface area contributed by atoms with Gasteiger partial charge >= 0.3 is 0 Å². The summed E-state index contributed by atoms with van der Waals surface area (Å²) >= 11 is 0. The van der Waals surface area contributed by atoms with Crippen LogP contribution in [-0.2, 0) is 5.41 Å². The lowest BCUT2D eigenvalue weighted by molar-refractivity contribution is 0.793. The lowest BCUT2D eigenvalue weighted by Crippen LogP contribution is -2.26. The average molecular weight is 930 g/mol. The van der Waals surface area contributed by atoms with Crippen molar-refractivity contribution in [3.05, 3.63) is 283 Å². The van der Waals surface area contributed by atoms with Gasteiger partial charge in [0.2, 0.25) is 5.78 Å². The van der Waals surface area contributed by atoms with Crippen LogP contribution in [0.3, 0.4) is 0 Å². The van der Waals surface area contributed by atoms with Gasteiger partial charge < -0.3 is 9.47 Å². The molecule has 0 N–H and O–H groups in total. The first-order valence-corrected chi connectivity index (χ1v) is 25.1. The molecule has 0 fully saturated rings. The highest BCUT2D eigenvalue weighted by atomic mass is 15.2. The van der Waals surface area contributed by atoms with Crippen molar-refractivity contribution in [2.45, 2.75) is 5.41 Å². The molecule has 5 heteroatoms.